The van der Waals surface area contributed by atoms with Crippen molar-refractivity contribution in [1.29, 1.82) is 0 Å². The van der Waals surface area contributed by atoms with Crippen LogP contribution in [0.5, 0.6) is 0 Å². The molecule has 0 aromatic rings. The molecule has 16 heavy (non-hydrogen) atoms. The summed E-state index contributed by atoms with van der Waals surface area (Å²) in [6.45, 7) is 4.77. The predicted octanol–water partition coefficient (Wildman–Crippen LogP) is 1.70. The Hall–Kier alpha value is -2.01. The van der Waals surface area contributed by atoms with Gasteiger partial charge in [0.2, 0.25) is 0 Å². The maximum Gasteiger partial charge on any atom is 0.345 e. The van der Waals surface area contributed by atoms with E-state index in [9.17, 15) is 9.59 Å². The highest BCUT2D eigenvalue weighted by atomic mass is 16.6. The van der Waals surface area contributed by atoms with E-state index < -0.39 is 11.9 Å². The van der Waals surface area contributed by atoms with E-state index in [1.165, 1.54) is 6.92 Å². The van der Waals surface area contributed by atoms with Gasteiger partial charge >= 0.3 is 11.9 Å². The van der Waals surface area contributed by atoms with Gasteiger partial charge in [0.15, 0.2) is 0 Å². The predicted molar refractivity (Wildman–Crippen MR) is 55.1 cm³/mol. The molecule has 0 heterocycles. The summed E-state index contributed by atoms with van der Waals surface area (Å²) in [7, 11) is 0. The molecule has 7 heteroatoms. The third-order valence-corrected chi connectivity index (χ3v) is 1.52. The summed E-state index contributed by atoms with van der Waals surface area (Å²) >= 11 is 0. The average Bonchev–Trinajstić information content (AvgIpc) is 2.19. The number of allylic oxidation sites excluding steroid dienone is 1. The molecule has 0 aliphatic heterocycles. The van der Waals surface area contributed by atoms with E-state index in [-0.39, 0.29) is 24.5 Å². The van der Waals surface area contributed by atoms with Crippen molar-refractivity contribution in [1.82, 2.24) is 0 Å². The number of hydrogen-bond acceptors (Lipinski definition) is 5. The van der Waals surface area contributed by atoms with Crippen LogP contribution in [0.3, 0.4) is 0 Å². The van der Waals surface area contributed by atoms with E-state index in [2.05, 4.69) is 19.5 Å². The number of nitrogens with zero attached hydrogens (tertiary/aromatic N) is 3. The molecule has 0 amide bonds. The van der Waals surface area contributed by atoms with Crippen LogP contribution < -0.4 is 0 Å². The van der Waals surface area contributed by atoms with E-state index in [1.807, 2.05) is 0 Å². The molecule has 0 spiro atoms. The second-order valence-corrected chi connectivity index (χ2v) is 2.59. The summed E-state index contributed by atoms with van der Waals surface area (Å²) in [4.78, 5) is 25.3. The molecule has 0 aromatic heterocycles. The van der Waals surface area contributed by atoms with Crippen molar-refractivity contribution in [2.75, 3.05) is 13.2 Å². The Labute approximate surface area is 92.7 Å². The number of carbonyl (C=O) groups excluding carboxylic acids is 2. The van der Waals surface area contributed by atoms with Crippen LogP contribution in [-0.4, -0.2) is 25.2 Å². The number of rotatable bonds is 5. The summed E-state index contributed by atoms with van der Waals surface area (Å²) in [6, 6.07) is 0. The number of esters is 2. The van der Waals surface area contributed by atoms with E-state index >= 15 is 0 Å². The van der Waals surface area contributed by atoms with Gasteiger partial charge in [0.25, 0.3) is 0 Å². The van der Waals surface area contributed by atoms with Gasteiger partial charge in [-0.15, -0.1) is 0 Å². The molecule has 0 saturated carbocycles. The molecule has 0 unspecified atom stereocenters. The maximum atomic E-state index is 11.4. The molecule has 0 fully saturated rings. The fourth-order valence-electron chi connectivity index (χ4n) is 0.902. The third-order valence-electron chi connectivity index (χ3n) is 1.52. The first-order chi connectivity index (χ1) is 7.58. The molecular weight excluding hydrogens is 214 g/mol. The van der Waals surface area contributed by atoms with Crippen molar-refractivity contribution in [3.05, 3.63) is 21.7 Å². The molecule has 0 atom stereocenters. The Morgan fingerprint density at radius 2 is 1.62 bits per heavy atom. The number of hydrogen-bond donors (Lipinski definition) is 0. The van der Waals surface area contributed by atoms with Gasteiger partial charge in [-0.05, 0) is 26.3 Å². The van der Waals surface area contributed by atoms with Crippen LogP contribution in [0.15, 0.2) is 16.4 Å². The second kappa shape index (κ2) is 7.30. The number of ether oxygens (including phenoxy) is 2. The summed E-state index contributed by atoms with van der Waals surface area (Å²) in [5, 5.41) is 3.19. The lowest BCUT2D eigenvalue weighted by molar-refractivity contribution is -0.146. The maximum absolute atomic E-state index is 11.4. The highest BCUT2D eigenvalue weighted by molar-refractivity contribution is 6.14. The summed E-state index contributed by atoms with van der Waals surface area (Å²) in [6.07, 6.45) is 0. The van der Waals surface area contributed by atoms with E-state index in [1.54, 1.807) is 13.8 Å². The van der Waals surface area contributed by atoms with Crippen LogP contribution in [0.25, 0.3) is 10.4 Å². The van der Waals surface area contributed by atoms with Gasteiger partial charge in [0.05, 0.1) is 13.2 Å². The fraction of sp³-hybridized carbons (Fsp3) is 0.556. The number of azide groups is 1. The zero-order valence-electron chi connectivity index (χ0n) is 9.39. The highest BCUT2D eigenvalue weighted by Crippen LogP contribution is 2.10. The molecule has 0 saturated heterocycles. The monoisotopic (exact) mass is 227 g/mol. The van der Waals surface area contributed by atoms with Crippen molar-refractivity contribution in [2.24, 2.45) is 5.11 Å². The fourth-order valence-corrected chi connectivity index (χ4v) is 0.902. The molecular formula is C9H13N3O4. The Morgan fingerprint density at radius 1 is 1.19 bits per heavy atom. The molecule has 88 valence electrons. The zero-order valence-corrected chi connectivity index (χ0v) is 9.39. The molecule has 0 bridgehead atoms. The first-order valence-corrected chi connectivity index (χ1v) is 4.68. The van der Waals surface area contributed by atoms with E-state index in [0.717, 1.165) is 0 Å². The van der Waals surface area contributed by atoms with E-state index in [4.69, 9.17) is 5.53 Å². The summed E-state index contributed by atoms with van der Waals surface area (Å²) in [5.41, 5.74) is 7.79. The molecule has 7 nitrogen and oxygen atoms in total. The van der Waals surface area contributed by atoms with Crippen LogP contribution in [0.4, 0.5) is 0 Å². The normalized spacial score (nSPS) is 8.69. The topological polar surface area (TPSA) is 101 Å². The minimum atomic E-state index is -0.856. The van der Waals surface area contributed by atoms with Crippen LogP contribution in [-0.2, 0) is 19.1 Å². The Kier molecular flexibility index (Phi) is 6.39. The van der Waals surface area contributed by atoms with Crippen molar-refractivity contribution < 1.29 is 19.1 Å². The van der Waals surface area contributed by atoms with Crippen molar-refractivity contribution in [3.63, 3.8) is 0 Å². The standard InChI is InChI=1S/C9H13N3O4/c1-4-15-8(13)7(6(3)11-12-10)9(14)16-5-2/h4-5H2,1-3H3. The quantitative estimate of drug-likeness (QED) is 0.136. The zero-order chi connectivity index (χ0) is 12.6. The lowest BCUT2D eigenvalue weighted by atomic mass is 10.2. The highest BCUT2D eigenvalue weighted by Gasteiger charge is 2.23. The van der Waals surface area contributed by atoms with Gasteiger partial charge in [0.1, 0.15) is 5.57 Å². The average molecular weight is 227 g/mol. The molecule has 0 rings (SSSR count). The first-order valence-electron chi connectivity index (χ1n) is 4.68. The second-order valence-electron chi connectivity index (χ2n) is 2.59. The van der Waals surface area contributed by atoms with Crippen LogP contribution in [0.2, 0.25) is 0 Å². The Balaban J connectivity index is 5.20. The SMILES string of the molecule is CCOC(=O)C(C(=O)OCC)=C(C)N=[N+]=[N-]. The minimum absolute atomic E-state index is 0.0700. The molecule has 0 aliphatic carbocycles. The van der Waals surface area contributed by atoms with E-state index in [0.29, 0.717) is 0 Å². The molecule has 0 aromatic carbocycles. The molecule has 0 aliphatic rings. The smallest absolute Gasteiger partial charge is 0.345 e. The van der Waals surface area contributed by atoms with Crippen LogP contribution in [0, 0.1) is 0 Å². The minimum Gasteiger partial charge on any atom is -0.462 e. The number of carbonyl (C=O) groups is 2. The lowest BCUT2D eigenvalue weighted by Gasteiger charge is -2.07. The third kappa shape index (κ3) is 4.02. The van der Waals surface area contributed by atoms with Crippen LogP contribution >= 0.6 is 0 Å². The van der Waals surface area contributed by atoms with Gasteiger partial charge < -0.3 is 9.47 Å². The van der Waals surface area contributed by atoms with Gasteiger partial charge in [0, 0.05) is 10.6 Å². The van der Waals surface area contributed by atoms with Crippen molar-refractivity contribution >= 4 is 11.9 Å². The first kappa shape index (κ1) is 14.0. The van der Waals surface area contributed by atoms with Crippen molar-refractivity contribution in [3.8, 4) is 0 Å². The van der Waals surface area contributed by atoms with Gasteiger partial charge in [-0.1, -0.05) is 5.11 Å². The Morgan fingerprint density at radius 3 is 1.94 bits per heavy atom. The Bertz CT molecular complexity index is 336. The summed E-state index contributed by atoms with van der Waals surface area (Å²) in [5.74, 6) is -1.71. The van der Waals surface area contributed by atoms with Crippen molar-refractivity contribution in [2.45, 2.75) is 20.8 Å². The summed E-state index contributed by atoms with van der Waals surface area (Å²) < 4.78 is 9.32. The van der Waals surface area contributed by atoms with Gasteiger partial charge in [-0.3, -0.25) is 0 Å². The largest absolute Gasteiger partial charge is 0.462 e. The molecule has 0 N–H and O–H groups in total. The van der Waals surface area contributed by atoms with Crippen LogP contribution in [0.1, 0.15) is 20.8 Å². The lowest BCUT2D eigenvalue weighted by Crippen LogP contribution is -2.19. The van der Waals surface area contributed by atoms with Gasteiger partial charge in [-0.25, -0.2) is 9.59 Å². The molecule has 0 radical (unpaired) electrons. The van der Waals surface area contributed by atoms with Gasteiger partial charge in [-0.2, -0.15) is 0 Å².